The normalized spacial score (nSPS) is 25.6. The van der Waals surface area contributed by atoms with E-state index in [0.29, 0.717) is 24.2 Å². The molecular formula is C13H18N2O5S. The van der Waals surface area contributed by atoms with Crippen LogP contribution >= 0.6 is 0 Å². The summed E-state index contributed by atoms with van der Waals surface area (Å²) in [5.74, 6) is -1.90. The second-order valence-corrected chi connectivity index (χ2v) is 6.78. The van der Waals surface area contributed by atoms with Crippen LogP contribution in [0.15, 0.2) is 10.6 Å². The second-order valence-electron chi connectivity index (χ2n) is 5.19. The molecule has 2 amide bonds. The highest BCUT2D eigenvalue weighted by atomic mass is 32.2. The zero-order chi connectivity index (χ0) is 15.7. The summed E-state index contributed by atoms with van der Waals surface area (Å²) in [6.07, 6.45) is 1.45. The number of hydrogen-bond donors (Lipinski definition) is 2. The molecule has 1 saturated heterocycles. The summed E-state index contributed by atoms with van der Waals surface area (Å²) in [5.41, 5.74) is 4.89. The Hall–Kier alpha value is -1.70. The van der Waals surface area contributed by atoms with Gasteiger partial charge in [0.2, 0.25) is 11.8 Å². The number of fused-ring (bicyclic) bond motifs is 1. The van der Waals surface area contributed by atoms with Gasteiger partial charge >= 0.3 is 5.97 Å². The van der Waals surface area contributed by atoms with Gasteiger partial charge in [-0.1, -0.05) is 6.92 Å². The van der Waals surface area contributed by atoms with Crippen molar-refractivity contribution >= 4 is 28.6 Å². The molecule has 2 heterocycles. The molecule has 116 valence electrons. The van der Waals surface area contributed by atoms with Crippen LogP contribution < -0.4 is 5.73 Å². The van der Waals surface area contributed by atoms with Crippen molar-refractivity contribution in [1.82, 2.24) is 4.90 Å². The van der Waals surface area contributed by atoms with E-state index in [2.05, 4.69) is 0 Å². The standard InChI is InChI=1S/C13H18N2O5S/c1-2-7-8-6-9(21(20)5-3-4-10(14)16)11(13(18)19)15(8)12(7)17/h7-8H,2-6H2,1H3,(H2,14,16)(H,18,19). The summed E-state index contributed by atoms with van der Waals surface area (Å²) >= 11 is 0. The lowest BCUT2D eigenvalue weighted by Crippen LogP contribution is -2.58. The van der Waals surface area contributed by atoms with Gasteiger partial charge in [-0.3, -0.25) is 13.8 Å². The molecule has 0 aromatic carbocycles. The molecule has 7 nitrogen and oxygen atoms in total. The van der Waals surface area contributed by atoms with Crippen LogP contribution in [0, 0.1) is 5.92 Å². The van der Waals surface area contributed by atoms with Gasteiger partial charge in [0, 0.05) is 23.5 Å². The zero-order valence-electron chi connectivity index (χ0n) is 11.7. The van der Waals surface area contributed by atoms with Crippen molar-refractivity contribution in [1.29, 1.82) is 0 Å². The molecule has 0 aliphatic carbocycles. The summed E-state index contributed by atoms with van der Waals surface area (Å²) in [7, 11) is -1.50. The maximum absolute atomic E-state index is 12.3. The third kappa shape index (κ3) is 2.72. The molecule has 0 aromatic heterocycles. The Morgan fingerprint density at radius 3 is 2.67 bits per heavy atom. The fraction of sp³-hybridized carbons (Fsp3) is 0.615. The third-order valence-electron chi connectivity index (χ3n) is 3.92. The fourth-order valence-corrected chi connectivity index (χ4v) is 4.32. The molecule has 1 fully saturated rings. The average Bonchev–Trinajstić information content (AvgIpc) is 2.74. The highest BCUT2D eigenvalue weighted by Crippen LogP contribution is 2.44. The Morgan fingerprint density at radius 1 is 1.48 bits per heavy atom. The highest BCUT2D eigenvalue weighted by Gasteiger charge is 2.54. The lowest BCUT2D eigenvalue weighted by Gasteiger charge is -2.42. The number of nitrogens with two attached hydrogens (primary N) is 1. The first-order chi connectivity index (χ1) is 9.88. The van der Waals surface area contributed by atoms with E-state index in [0.717, 1.165) is 0 Å². The van der Waals surface area contributed by atoms with Crippen molar-refractivity contribution in [3.05, 3.63) is 10.6 Å². The number of aliphatic carboxylic acids is 1. The van der Waals surface area contributed by atoms with Gasteiger partial charge in [0.05, 0.1) is 22.8 Å². The molecule has 2 aliphatic heterocycles. The Kier molecular flexibility index (Phi) is 4.46. The van der Waals surface area contributed by atoms with Crippen molar-refractivity contribution in [2.45, 2.75) is 38.6 Å². The molecule has 8 heteroatoms. The largest absolute Gasteiger partial charge is 0.477 e. The van der Waals surface area contributed by atoms with Crippen LogP contribution in [-0.4, -0.2) is 43.8 Å². The number of β-lactam (4-membered cyclic amide) rings is 1. The Labute approximate surface area is 124 Å². The molecule has 0 spiro atoms. The first-order valence-electron chi connectivity index (χ1n) is 6.84. The zero-order valence-corrected chi connectivity index (χ0v) is 12.5. The number of carbonyl (C=O) groups excluding carboxylic acids is 2. The van der Waals surface area contributed by atoms with E-state index in [4.69, 9.17) is 5.73 Å². The van der Waals surface area contributed by atoms with Crippen molar-refractivity contribution in [2.75, 3.05) is 5.75 Å². The molecule has 3 unspecified atom stereocenters. The Morgan fingerprint density at radius 2 is 2.14 bits per heavy atom. The number of hydrogen-bond acceptors (Lipinski definition) is 4. The van der Waals surface area contributed by atoms with Crippen LogP contribution in [0.3, 0.4) is 0 Å². The minimum atomic E-state index is -1.50. The summed E-state index contributed by atoms with van der Waals surface area (Å²) in [4.78, 5) is 35.5. The lowest BCUT2D eigenvalue weighted by molar-refractivity contribution is -0.155. The van der Waals surface area contributed by atoms with Crippen LogP contribution in [0.25, 0.3) is 0 Å². The molecule has 0 bridgehead atoms. The number of amides is 2. The minimum Gasteiger partial charge on any atom is -0.477 e. The van der Waals surface area contributed by atoms with E-state index in [1.54, 1.807) is 0 Å². The van der Waals surface area contributed by atoms with Gasteiger partial charge in [-0.25, -0.2) is 4.79 Å². The Bertz CT molecular complexity index is 557. The van der Waals surface area contributed by atoms with Crippen molar-refractivity contribution < 1.29 is 23.7 Å². The van der Waals surface area contributed by atoms with Gasteiger partial charge in [0.25, 0.3) is 0 Å². The molecule has 2 aliphatic rings. The molecule has 0 radical (unpaired) electrons. The van der Waals surface area contributed by atoms with Gasteiger partial charge in [-0.2, -0.15) is 0 Å². The monoisotopic (exact) mass is 314 g/mol. The SMILES string of the molecule is CCC1C(=O)N2C(C(=O)O)=C(S(=O)CCCC(N)=O)CC12. The van der Waals surface area contributed by atoms with Crippen LogP contribution in [0.5, 0.6) is 0 Å². The van der Waals surface area contributed by atoms with E-state index < -0.39 is 22.7 Å². The molecule has 0 saturated carbocycles. The average molecular weight is 314 g/mol. The van der Waals surface area contributed by atoms with Gasteiger partial charge in [0.15, 0.2) is 0 Å². The molecule has 3 atom stereocenters. The summed E-state index contributed by atoms with van der Waals surface area (Å²) in [6.45, 7) is 1.88. The van der Waals surface area contributed by atoms with E-state index in [-0.39, 0.29) is 35.7 Å². The number of carboxylic acids is 1. The number of carbonyl (C=O) groups is 3. The number of nitrogens with zero attached hydrogens (tertiary/aromatic N) is 1. The second kappa shape index (κ2) is 5.97. The number of rotatable bonds is 7. The van der Waals surface area contributed by atoms with E-state index in [9.17, 15) is 23.7 Å². The topological polar surface area (TPSA) is 118 Å². The predicted molar refractivity (Wildman–Crippen MR) is 75.1 cm³/mol. The lowest BCUT2D eigenvalue weighted by atomic mass is 9.85. The molecular weight excluding hydrogens is 296 g/mol. The van der Waals surface area contributed by atoms with Crippen LogP contribution in [0.2, 0.25) is 0 Å². The van der Waals surface area contributed by atoms with Gasteiger partial charge in [-0.15, -0.1) is 0 Å². The number of primary amides is 1. The van der Waals surface area contributed by atoms with Gasteiger partial charge in [-0.05, 0) is 12.8 Å². The maximum Gasteiger partial charge on any atom is 0.353 e. The molecule has 21 heavy (non-hydrogen) atoms. The number of carboxylic acid groups (broad SMARTS) is 1. The maximum atomic E-state index is 12.3. The highest BCUT2D eigenvalue weighted by molar-refractivity contribution is 7.89. The first kappa shape index (κ1) is 15.7. The third-order valence-corrected chi connectivity index (χ3v) is 5.49. The smallest absolute Gasteiger partial charge is 0.353 e. The van der Waals surface area contributed by atoms with Crippen LogP contribution in [0.1, 0.15) is 32.6 Å². The Balaban J connectivity index is 2.14. The van der Waals surface area contributed by atoms with E-state index >= 15 is 0 Å². The van der Waals surface area contributed by atoms with Crippen molar-refractivity contribution in [3.8, 4) is 0 Å². The quantitative estimate of drug-likeness (QED) is 0.638. The van der Waals surface area contributed by atoms with Gasteiger partial charge < -0.3 is 15.7 Å². The van der Waals surface area contributed by atoms with E-state index in [1.807, 2.05) is 6.92 Å². The van der Waals surface area contributed by atoms with Crippen molar-refractivity contribution in [3.63, 3.8) is 0 Å². The summed E-state index contributed by atoms with van der Waals surface area (Å²) in [6, 6.07) is -0.177. The predicted octanol–water partition coefficient (Wildman–Crippen LogP) is -0.0625. The fourth-order valence-electron chi connectivity index (χ4n) is 2.91. The van der Waals surface area contributed by atoms with Crippen LogP contribution in [-0.2, 0) is 25.2 Å². The van der Waals surface area contributed by atoms with E-state index in [1.165, 1.54) is 4.90 Å². The molecule has 3 N–H and O–H groups in total. The minimum absolute atomic E-state index is 0.116. The first-order valence-corrected chi connectivity index (χ1v) is 8.16. The van der Waals surface area contributed by atoms with Crippen molar-refractivity contribution in [2.24, 2.45) is 11.7 Å². The summed E-state index contributed by atoms with van der Waals surface area (Å²) < 4.78 is 12.3. The molecule has 0 aromatic rings. The van der Waals surface area contributed by atoms with Gasteiger partial charge in [0.1, 0.15) is 5.70 Å². The van der Waals surface area contributed by atoms with Crippen LogP contribution in [0.4, 0.5) is 0 Å². The molecule has 2 rings (SSSR count). The summed E-state index contributed by atoms with van der Waals surface area (Å²) in [5, 5.41) is 9.28.